The van der Waals surface area contributed by atoms with Gasteiger partial charge < -0.3 is 44.3 Å². The highest BCUT2D eigenvalue weighted by Gasteiger charge is 2.64. The third-order valence-electron chi connectivity index (χ3n) is 15.4. The molecule has 4 N–H and O–H groups in total. The van der Waals surface area contributed by atoms with Crippen LogP contribution in [-0.4, -0.2) is 125 Å². The third-order valence-corrected chi connectivity index (χ3v) is 18.8. The average molecular weight is 1060 g/mol. The van der Waals surface area contributed by atoms with Crippen LogP contribution in [0.5, 0.6) is 5.75 Å². The molecule has 1 saturated carbocycles. The van der Waals surface area contributed by atoms with Gasteiger partial charge in [0.1, 0.15) is 40.7 Å². The number of esters is 1. The number of fused-ring (bicyclic) bond motifs is 8. The summed E-state index contributed by atoms with van der Waals surface area (Å²) in [5, 5.41) is 28.7. The Morgan fingerprint density at radius 2 is 1.78 bits per heavy atom. The van der Waals surface area contributed by atoms with Gasteiger partial charge in [0, 0.05) is 56.3 Å². The number of ether oxygens (including phenoxy) is 4. The molecular formula is C54H79ClN4O11S2. The normalized spacial score (nSPS) is 32.8. The van der Waals surface area contributed by atoms with Gasteiger partial charge in [-0.15, -0.1) is 0 Å². The Morgan fingerprint density at radius 1 is 1.04 bits per heavy atom. The fraction of sp³-hybridized carbons (Fsp3) is 0.685. The molecule has 3 fully saturated rings. The largest absolute Gasteiger partial charge is 0.495 e. The third kappa shape index (κ3) is 15.4. The number of allylic oxidation sites excluding steroid dienone is 4. The van der Waals surface area contributed by atoms with Crippen molar-refractivity contribution in [1.29, 1.82) is 0 Å². The quantitative estimate of drug-likeness (QED) is 0.0481. The monoisotopic (exact) mass is 1060 g/mol. The zero-order chi connectivity index (χ0) is 52.3. The van der Waals surface area contributed by atoms with Crippen molar-refractivity contribution in [2.45, 2.75) is 190 Å². The van der Waals surface area contributed by atoms with Gasteiger partial charge in [0.05, 0.1) is 25.3 Å². The van der Waals surface area contributed by atoms with Crippen LogP contribution in [0.2, 0.25) is 5.02 Å². The molecule has 5 aliphatic rings. The summed E-state index contributed by atoms with van der Waals surface area (Å²) in [5.74, 6) is 0.183. The maximum absolute atomic E-state index is 14.3. The number of benzene rings is 1. The number of epoxide rings is 1. The number of carbonyl (C=O) groups is 5. The predicted molar refractivity (Wildman–Crippen MR) is 284 cm³/mol. The molecule has 1 aromatic carbocycles. The molecule has 2 aliphatic carbocycles. The van der Waals surface area contributed by atoms with Crippen molar-refractivity contribution in [3.63, 3.8) is 0 Å². The van der Waals surface area contributed by atoms with Crippen molar-refractivity contribution in [2.75, 3.05) is 31.9 Å². The molecule has 0 radical (unpaired) electrons. The van der Waals surface area contributed by atoms with Gasteiger partial charge in [-0.05, 0) is 95.2 Å². The van der Waals surface area contributed by atoms with Crippen molar-refractivity contribution >= 4 is 68.7 Å². The summed E-state index contributed by atoms with van der Waals surface area (Å²) in [6.07, 6.45) is 17.7. The molecule has 18 heteroatoms. The van der Waals surface area contributed by atoms with Gasteiger partial charge in [-0.2, -0.15) is 0 Å². The molecule has 3 heterocycles. The van der Waals surface area contributed by atoms with Crippen LogP contribution in [0.3, 0.4) is 0 Å². The number of methoxy groups -OCH3 is 1. The summed E-state index contributed by atoms with van der Waals surface area (Å²) in [6.45, 7) is 8.99. The topological polar surface area (TPSA) is 197 Å². The zero-order valence-corrected chi connectivity index (χ0v) is 45.9. The Hall–Kier alpha value is -3.74. The first kappa shape index (κ1) is 57.5. The van der Waals surface area contributed by atoms with Gasteiger partial charge in [-0.1, -0.05) is 115 Å². The number of likely N-dealkylation sites (N-methyl/N-ethyl adjacent to an activating group) is 1. The number of alkyl carbamates (subject to hydrolysis) is 1. The molecule has 0 aromatic heterocycles. The summed E-state index contributed by atoms with van der Waals surface area (Å²) < 4.78 is 23.7. The number of nitrogens with one attached hydrogen (secondary N) is 2. The lowest BCUT2D eigenvalue weighted by molar-refractivity contribution is -0.162. The smallest absolute Gasteiger partial charge is 0.409 e. The molecule has 4 unspecified atom stereocenters. The van der Waals surface area contributed by atoms with Gasteiger partial charge in [-0.3, -0.25) is 19.7 Å². The van der Waals surface area contributed by atoms with Crippen LogP contribution >= 0.6 is 33.2 Å². The fourth-order valence-electron chi connectivity index (χ4n) is 10.4. The number of amides is 4. The lowest BCUT2D eigenvalue weighted by atomic mass is 9.83. The Bertz CT molecular complexity index is 2180. The Labute approximate surface area is 439 Å². The van der Waals surface area contributed by atoms with Crippen molar-refractivity contribution in [2.24, 2.45) is 17.8 Å². The number of aliphatic hydroxyl groups excluding tert-OH is 1. The van der Waals surface area contributed by atoms with E-state index >= 15 is 0 Å². The molecule has 6 bridgehead atoms. The molecule has 4 amide bonds. The molecule has 12 atom stereocenters. The van der Waals surface area contributed by atoms with E-state index in [9.17, 15) is 34.2 Å². The summed E-state index contributed by atoms with van der Waals surface area (Å²) >= 11 is 6.81. The van der Waals surface area contributed by atoms with E-state index < -0.39 is 65.7 Å². The predicted octanol–water partition coefficient (Wildman–Crippen LogP) is 9.00. The minimum atomic E-state index is -2.08. The van der Waals surface area contributed by atoms with Gasteiger partial charge >= 0.3 is 12.1 Å². The van der Waals surface area contributed by atoms with E-state index in [2.05, 4.69) is 29.7 Å². The van der Waals surface area contributed by atoms with Gasteiger partial charge in [0.25, 0.3) is 0 Å². The van der Waals surface area contributed by atoms with Crippen molar-refractivity contribution in [3.8, 4) is 5.75 Å². The number of rotatable bonds is 13. The van der Waals surface area contributed by atoms with Crippen LogP contribution < -0.4 is 20.3 Å². The Balaban J connectivity index is 1.06. The first-order valence-corrected chi connectivity index (χ1v) is 28.7. The maximum atomic E-state index is 14.3. The van der Waals surface area contributed by atoms with Gasteiger partial charge in [-0.25, -0.2) is 9.59 Å². The van der Waals surface area contributed by atoms with Crippen LogP contribution in [0.4, 0.5) is 10.5 Å². The second kappa shape index (κ2) is 26.2. The number of hydrogen-bond acceptors (Lipinski definition) is 13. The van der Waals surface area contributed by atoms with Crippen LogP contribution in [0.15, 0.2) is 48.1 Å². The molecule has 2 saturated heterocycles. The summed E-state index contributed by atoms with van der Waals surface area (Å²) in [4.78, 5) is 70.6. The first-order valence-electron chi connectivity index (χ1n) is 26.0. The van der Waals surface area contributed by atoms with E-state index in [0.29, 0.717) is 42.4 Å². The number of aliphatic hydroxyl groups is 2. The van der Waals surface area contributed by atoms with Crippen LogP contribution in [0, 0.1) is 17.8 Å². The molecule has 6 rings (SSSR count). The van der Waals surface area contributed by atoms with E-state index in [0.717, 1.165) is 29.9 Å². The highest BCUT2D eigenvalue weighted by atomic mass is 35.5. The van der Waals surface area contributed by atoms with Crippen LogP contribution in [-0.2, 0) is 39.8 Å². The van der Waals surface area contributed by atoms with Crippen molar-refractivity contribution < 1.29 is 53.1 Å². The average Bonchev–Trinajstić information content (AvgIpc) is 4.02. The number of halogens is 1. The van der Waals surface area contributed by atoms with E-state index in [-0.39, 0.29) is 47.4 Å². The molecule has 400 valence electrons. The lowest BCUT2D eigenvalue weighted by Gasteiger charge is -2.41. The van der Waals surface area contributed by atoms with E-state index in [1.54, 1.807) is 73.7 Å². The molecule has 1 aromatic rings. The van der Waals surface area contributed by atoms with E-state index in [1.807, 2.05) is 6.92 Å². The minimum absolute atomic E-state index is 0.0746. The first-order chi connectivity index (χ1) is 34.2. The maximum Gasteiger partial charge on any atom is 0.409 e. The number of anilines is 1. The Morgan fingerprint density at radius 3 is 2.53 bits per heavy atom. The second-order valence-corrected chi connectivity index (χ2v) is 24.3. The van der Waals surface area contributed by atoms with Crippen molar-refractivity contribution in [1.82, 2.24) is 15.5 Å². The highest BCUT2D eigenvalue weighted by molar-refractivity contribution is 8.76. The molecule has 72 heavy (non-hydrogen) atoms. The molecular weight excluding hydrogens is 980 g/mol. The highest BCUT2D eigenvalue weighted by Crippen LogP contribution is 2.49. The van der Waals surface area contributed by atoms with Crippen LogP contribution in [0.25, 0.3) is 0 Å². The second-order valence-electron chi connectivity index (χ2n) is 21.0. The fourth-order valence-corrected chi connectivity index (χ4v) is 13.1. The number of carbonyl (C=O) groups excluding carboxylic acids is 5. The minimum Gasteiger partial charge on any atom is -0.495 e. The SMILES string of the molecule is COc1cc2cc(c1Cl)N(C)C(=O)C[C@H](OC(=O)[C@H](C)N(C)C(=O)CCSSC(C)CCC(=O)NC1/C=C\C3CCCCCCC(CC3)CC1)[C@]1(C)O[C@H]1[C@H](C)[C@@H]1C[C@@](O)(NC(=O)O1)[C@H](O)/C=C/C=C(\C)C2. The van der Waals surface area contributed by atoms with Gasteiger partial charge in [0.15, 0.2) is 5.72 Å². The number of hydrogen-bond donors (Lipinski definition) is 4. The van der Waals surface area contributed by atoms with E-state index in [4.69, 9.17) is 30.5 Å². The van der Waals surface area contributed by atoms with E-state index in [1.165, 1.54) is 81.4 Å². The Kier molecular flexibility index (Phi) is 20.9. The van der Waals surface area contributed by atoms with Gasteiger partial charge in [0.2, 0.25) is 17.7 Å². The number of nitrogens with zero attached hydrogens (tertiary/aromatic N) is 2. The summed E-state index contributed by atoms with van der Waals surface area (Å²) in [5.41, 5.74) is -1.36. The molecule has 15 nitrogen and oxygen atoms in total. The molecule has 0 spiro atoms. The van der Waals surface area contributed by atoms with Crippen molar-refractivity contribution in [3.05, 3.63) is 58.7 Å². The summed E-state index contributed by atoms with van der Waals surface area (Å²) in [7, 11) is 7.78. The molecule has 3 aliphatic heterocycles. The zero-order valence-electron chi connectivity index (χ0n) is 43.5. The standard InChI is InChI=1S/C54H79ClN4O11S2/c1-33-14-13-17-44(60)54(66)32-43(68-52(65)57-54)35(3)50-53(5,70-50)45(31-48(63)59(7)41-29-39(28-33)30-42(67-8)49(41)55)69-51(64)36(4)58(6)47(62)26-27-71-72-34(2)18-25-46(61)56-40-23-21-37-15-11-9-10-12-16-38(20-19-37)22-24-40/h13-14,17,21,23,29-30,34-38,40,43-45,50,60,66H,9-12,15-16,18-20,22,24-28,31-32H2,1-8H3,(H,56,61)(H,57,65)/b17-13+,23-21-,33-14+/t34?,35-,36+,37?,38?,40?,43+,44-,45+,50+,53+,54+/m1/s1. The lowest BCUT2D eigenvalue weighted by Crippen LogP contribution is -2.63. The van der Waals surface area contributed by atoms with Crippen LogP contribution in [0.1, 0.15) is 136 Å². The summed E-state index contributed by atoms with van der Waals surface area (Å²) in [6, 6.07) is 2.58.